The molecule has 3 aromatic rings. The zero-order valence-electron chi connectivity index (χ0n) is 16.1. The van der Waals surface area contributed by atoms with E-state index in [2.05, 4.69) is 25.3 Å². The summed E-state index contributed by atoms with van der Waals surface area (Å²) < 4.78 is 24.0. The monoisotopic (exact) mass is 399 g/mol. The van der Waals surface area contributed by atoms with Gasteiger partial charge in [-0.1, -0.05) is 17.3 Å². The summed E-state index contributed by atoms with van der Waals surface area (Å²) in [7, 11) is 1.61. The molecule has 4 rings (SSSR count). The predicted octanol–water partition coefficient (Wildman–Crippen LogP) is 2.40. The minimum Gasteiger partial charge on any atom is -0.383 e. The van der Waals surface area contributed by atoms with Crippen molar-refractivity contribution in [1.29, 1.82) is 0 Å². The van der Waals surface area contributed by atoms with E-state index in [9.17, 15) is 9.18 Å². The van der Waals surface area contributed by atoms with Gasteiger partial charge in [0.05, 0.1) is 6.61 Å². The number of methoxy groups -OCH3 is 1. The molecule has 1 aromatic carbocycles. The third-order valence-corrected chi connectivity index (χ3v) is 5.12. The summed E-state index contributed by atoms with van der Waals surface area (Å²) in [4.78, 5) is 23.0. The number of aromatic nitrogens is 3. The van der Waals surface area contributed by atoms with Crippen molar-refractivity contribution in [3.8, 4) is 11.3 Å². The number of amides is 1. The van der Waals surface area contributed by atoms with E-state index in [0.29, 0.717) is 67.3 Å². The van der Waals surface area contributed by atoms with Crippen molar-refractivity contribution in [3.05, 3.63) is 36.4 Å². The maximum atomic E-state index is 13.7. The molecule has 0 bridgehead atoms. The van der Waals surface area contributed by atoms with Crippen LogP contribution < -0.4 is 10.2 Å². The molecular weight excluding hydrogens is 377 g/mol. The van der Waals surface area contributed by atoms with Crippen LogP contribution in [0.1, 0.15) is 12.8 Å². The first kappa shape index (κ1) is 19.3. The predicted molar refractivity (Wildman–Crippen MR) is 105 cm³/mol. The molecular formula is C20H22FN5O3. The summed E-state index contributed by atoms with van der Waals surface area (Å²) in [6, 6.07) is 6.19. The van der Waals surface area contributed by atoms with Gasteiger partial charge in [0.15, 0.2) is 0 Å². The maximum absolute atomic E-state index is 13.7. The molecule has 0 radical (unpaired) electrons. The molecule has 0 saturated carbocycles. The normalized spacial score (nSPS) is 15.0. The fourth-order valence-corrected chi connectivity index (χ4v) is 3.62. The molecule has 3 heterocycles. The number of rotatable bonds is 6. The van der Waals surface area contributed by atoms with Gasteiger partial charge in [0.25, 0.3) is 5.71 Å². The minimum atomic E-state index is -0.350. The van der Waals surface area contributed by atoms with E-state index in [0.717, 1.165) is 0 Å². The zero-order chi connectivity index (χ0) is 20.2. The van der Waals surface area contributed by atoms with Gasteiger partial charge < -0.3 is 19.5 Å². The smallest absolute Gasteiger partial charge is 0.263 e. The molecule has 1 N–H and O–H groups in total. The van der Waals surface area contributed by atoms with Gasteiger partial charge in [-0.3, -0.25) is 4.79 Å². The second-order valence-electron chi connectivity index (χ2n) is 6.96. The van der Waals surface area contributed by atoms with Gasteiger partial charge in [-0.05, 0) is 25.0 Å². The first-order chi connectivity index (χ1) is 14.2. The zero-order valence-corrected chi connectivity index (χ0v) is 16.1. The lowest BCUT2D eigenvalue weighted by atomic mass is 9.95. The van der Waals surface area contributed by atoms with Gasteiger partial charge in [0.2, 0.25) is 5.91 Å². The van der Waals surface area contributed by atoms with Crippen molar-refractivity contribution in [3.63, 3.8) is 0 Å². The lowest BCUT2D eigenvalue weighted by Gasteiger charge is -2.32. The molecule has 1 aliphatic heterocycles. The van der Waals surface area contributed by atoms with Crippen molar-refractivity contribution < 1.29 is 18.4 Å². The van der Waals surface area contributed by atoms with E-state index in [4.69, 9.17) is 9.26 Å². The number of carbonyl (C=O) groups is 1. The number of nitrogens with one attached hydrogen (secondary N) is 1. The summed E-state index contributed by atoms with van der Waals surface area (Å²) in [5.41, 5.74) is 1.47. The highest BCUT2D eigenvalue weighted by atomic mass is 19.1. The Hall–Kier alpha value is -3.07. The van der Waals surface area contributed by atoms with Crippen LogP contribution in [0, 0.1) is 11.7 Å². The number of nitrogens with zero attached hydrogens (tertiary/aromatic N) is 4. The Kier molecular flexibility index (Phi) is 5.66. The summed E-state index contributed by atoms with van der Waals surface area (Å²) >= 11 is 0. The molecule has 1 amide bonds. The van der Waals surface area contributed by atoms with Gasteiger partial charge >= 0.3 is 0 Å². The largest absolute Gasteiger partial charge is 0.383 e. The Morgan fingerprint density at radius 3 is 2.93 bits per heavy atom. The number of carbonyl (C=O) groups excluding carboxylic acids is 1. The molecule has 1 aliphatic rings. The van der Waals surface area contributed by atoms with E-state index in [1.807, 2.05) is 0 Å². The van der Waals surface area contributed by atoms with Gasteiger partial charge in [0.1, 0.15) is 29.0 Å². The van der Waals surface area contributed by atoms with Crippen LogP contribution in [0.25, 0.3) is 22.4 Å². The molecule has 152 valence electrons. The molecule has 0 aliphatic carbocycles. The molecule has 8 nitrogen and oxygen atoms in total. The Labute approximate surface area is 167 Å². The van der Waals surface area contributed by atoms with E-state index >= 15 is 0 Å². The number of hydrogen-bond acceptors (Lipinski definition) is 7. The van der Waals surface area contributed by atoms with Crippen LogP contribution in [-0.2, 0) is 9.53 Å². The standard InChI is InChI=1S/C20H22FN5O3/c1-28-10-7-22-19(27)13-5-8-26(9-6-13)18-16-17(14-3-2-4-15(21)11-14)25-29-20(16)24-12-23-18/h2-4,11-13H,5-10H2,1H3,(H,22,27). The Balaban J connectivity index is 1.55. The van der Waals surface area contributed by atoms with Crippen molar-refractivity contribution >= 4 is 22.8 Å². The summed E-state index contributed by atoms with van der Waals surface area (Å²) in [5, 5.41) is 7.65. The van der Waals surface area contributed by atoms with E-state index in [1.165, 1.54) is 18.5 Å². The number of fused-ring (bicyclic) bond motifs is 1. The number of halogens is 1. The van der Waals surface area contributed by atoms with Crippen molar-refractivity contribution in [2.24, 2.45) is 5.92 Å². The van der Waals surface area contributed by atoms with E-state index in [1.54, 1.807) is 19.2 Å². The molecule has 9 heteroatoms. The van der Waals surface area contributed by atoms with Crippen LogP contribution in [0.3, 0.4) is 0 Å². The Morgan fingerprint density at radius 2 is 2.17 bits per heavy atom. The molecule has 0 atom stereocenters. The number of ether oxygens (including phenoxy) is 1. The second kappa shape index (κ2) is 8.52. The second-order valence-corrected chi connectivity index (χ2v) is 6.96. The van der Waals surface area contributed by atoms with Gasteiger partial charge in [-0.2, -0.15) is 4.98 Å². The first-order valence-corrected chi connectivity index (χ1v) is 9.55. The third-order valence-electron chi connectivity index (χ3n) is 5.12. The molecule has 1 saturated heterocycles. The molecule has 2 aromatic heterocycles. The fraction of sp³-hybridized carbons (Fsp3) is 0.400. The van der Waals surface area contributed by atoms with Crippen LogP contribution in [0.2, 0.25) is 0 Å². The molecule has 0 unspecified atom stereocenters. The van der Waals surface area contributed by atoms with Gasteiger partial charge in [-0.15, -0.1) is 0 Å². The lowest BCUT2D eigenvalue weighted by Crippen LogP contribution is -2.41. The van der Waals surface area contributed by atoms with Gasteiger partial charge in [0, 0.05) is 38.2 Å². The first-order valence-electron chi connectivity index (χ1n) is 9.55. The van der Waals surface area contributed by atoms with Crippen LogP contribution in [0.5, 0.6) is 0 Å². The van der Waals surface area contributed by atoms with Crippen LogP contribution in [0.15, 0.2) is 35.1 Å². The average Bonchev–Trinajstić information content (AvgIpc) is 3.18. The average molecular weight is 399 g/mol. The highest BCUT2D eigenvalue weighted by molar-refractivity contribution is 5.98. The molecule has 29 heavy (non-hydrogen) atoms. The SMILES string of the molecule is COCCNC(=O)C1CCN(c2ncnc3onc(-c4cccc(F)c4)c23)CC1. The fourth-order valence-electron chi connectivity index (χ4n) is 3.62. The van der Waals surface area contributed by atoms with Crippen LogP contribution in [-0.4, -0.2) is 54.4 Å². The number of hydrogen-bond donors (Lipinski definition) is 1. The van der Waals surface area contributed by atoms with Crippen molar-refractivity contribution in [2.45, 2.75) is 12.8 Å². The molecule has 1 fully saturated rings. The highest BCUT2D eigenvalue weighted by Crippen LogP contribution is 2.34. The van der Waals surface area contributed by atoms with Crippen molar-refractivity contribution in [2.75, 3.05) is 38.3 Å². The summed E-state index contributed by atoms with van der Waals surface area (Å²) in [6.07, 6.45) is 2.86. The Bertz CT molecular complexity index is 1000. The minimum absolute atomic E-state index is 0.0365. The topological polar surface area (TPSA) is 93.4 Å². The quantitative estimate of drug-likeness (QED) is 0.636. The van der Waals surface area contributed by atoms with Crippen molar-refractivity contribution in [1.82, 2.24) is 20.4 Å². The maximum Gasteiger partial charge on any atom is 0.263 e. The number of anilines is 1. The summed E-state index contributed by atoms with van der Waals surface area (Å²) in [6.45, 7) is 2.35. The lowest BCUT2D eigenvalue weighted by molar-refractivity contribution is -0.125. The number of piperidine rings is 1. The van der Waals surface area contributed by atoms with Gasteiger partial charge in [-0.25, -0.2) is 9.37 Å². The Morgan fingerprint density at radius 1 is 1.34 bits per heavy atom. The molecule has 0 spiro atoms. The van der Waals surface area contributed by atoms with E-state index in [-0.39, 0.29) is 17.6 Å². The highest BCUT2D eigenvalue weighted by Gasteiger charge is 2.28. The summed E-state index contributed by atoms with van der Waals surface area (Å²) in [5.74, 6) is 0.358. The third kappa shape index (κ3) is 4.04. The number of benzene rings is 1. The van der Waals surface area contributed by atoms with E-state index < -0.39 is 0 Å². The van der Waals surface area contributed by atoms with Crippen LogP contribution in [0.4, 0.5) is 10.2 Å². The van der Waals surface area contributed by atoms with Crippen LogP contribution >= 0.6 is 0 Å².